The van der Waals surface area contributed by atoms with Gasteiger partial charge in [0.15, 0.2) is 0 Å². The molecule has 0 aromatic heterocycles. The summed E-state index contributed by atoms with van der Waals surface area (Å²) in [5.74, 6) is 2.82. The highest BCUT2D eigenvalue weighted by molar-refractivity contribution is 5.37. The molecule has 0 aliphatic heterocycles. The van der Waals surface area contributed by atoms with E-state index in [1.165, 1.54) is 63.4 Å². The molecule has 130 valence electrons. The van der Waals surface area contributed by atoms with Gasteiger partial charge in [0.1, 0.15) is 5.75 Å². The number of hydrogen-bond donors (Lipinski definition) is 0. The average molecular weight is 317 g/mol. The highest BCUT2D eigenvalue weighted by Crippen LogP contribution is 2.39. The number of aryl methyl sites for hydroxylation is 1. The number of benzene rings is 1. The second kappa shape index (κ2) is 10.0. The molecule has 1 aliphatic carbocycles. The summed E-state index contributed by atoms with van der Waals surface area (Å²) in [6, 6.07) is 6.77. The second-order valence-electron chi connectivity index (χ2n) is 7.43. The fraction of sp³-hybridized carbons (Fsp3) is 0.727. The Balaban J connectivity index is 1.83. The Morgan fingerprint density at radius 3 is 2.35 bits per heavy atom. The summed E-state index contributed by atoms with van der Waals surface area (Å²) >= 11 is 0. The van der Waals surface area contributed by atoms with Crippen molar-refractivity contribution in [3.8, 4) is 5.75 Å². The lowest BCUT2D eigenvalue weighted by molar-refractivity contribution is 0.300. The molecule has 0 bridgehead atoms. The molecule has 1 fully saturated rings. The minimum absolute atomic E-state index is 0.780. The van der Waals surface area contributed by atoms with Crippen molar-refractivity contribution < 1.29 is 4.74 Å². The van der Waals surface area contributed by atoms with Gasteiger partial charge >= 0.3 is 0 Å². The molecule has 0 radical (unpaired) electrons. The van der Waals surface area contributed by atoms with Crippen LogP contribution in [0.25, 0.3) is 0 Å². The van der Waals surface area contributed by atoms with Crippen LogP contribution in [0.5, 0.6) is 5.75 Å². The molecule has 1 heteroatoms. The standard InChI is InChI=1S/C22H36O/c1-4-6-8-9-19-10-12-20(13-11-19)22-15-14-21(17-18(22)3)23-16-7-5-2/h14-15,17,19-20H,4-13,16H2,1-3H3. The summed E-state index contributed by atoms with van der Waals surface area (Å²) in [7, 11) is 0. The molecule has 0 saturated heterocycles. The van der Waals surface area contributed by atoms with Crippen LogP contribution in [0, 0.1) is 12.8 Å². The van der Waals surface area contributed by atoms with Crippen molar-refractivity contribution in [2.75, 3.05) is 6.61 Å². The van der Waals surface area contributed by atoms with Crippen molar-refractivity contribution >= 4 is 0 Å². The largest absolute Gasteiger partial charge is 0.494 e. The normalized spacial score (nSPS) is 21.3. The van der Waals surface area contributed by atoms with Gasteiger partial charge in [0, 0.05) is 0 Å². The van der Waals surface area contributed by atoms with Crippen LogP contribution in [0.15, 0.2) is 18.2 Å². The van der Waals surface area contributed by atoms with Crippen LogP contribution in [-0.2, 0) is 0 Å². The van der Waals surface area contributed by atoms with Crippen LogP contribution >= 0.6 is 0 Å². The average Bonchev–Trinajstić information content (AvgIpc) is 2.56. The third kappa shape index (κ3) is 5.86. The molecule has 0 spiro atoms. The third-order valence-corrected chi connectivity index (χ3v) is 5.51. The van der Waals surface area contributed by atoms with E-state index >= 15 is 0 Å². The maximum atomic E-state index is 5.84. The summed E-state index contributed by atoms with van der Waals surface area (Å²) in [5, 5.41) is 0. The number of rotatable bonds is 9. The lowest BCUT2D eigenvalue weighted by atomic mass is 9.76. The Bertz CT molecular complexity index is 443. The monoisotopic (exact) mass is 316 g/mol. The van der Waals surface area contributed by atoms with Crippen LogP contribution in [-0.4, -0.2) is 6.61 Å². The van der Waals surface area contributed by atoms with Gasteiger partial charge < -0.3 is 4.74 Å². The van der Waals surface area contributed by atoms with Crippen molar-refractivity contribution in [1.29, 1.82) is 0 Å². The van der Waals surface area contributed by atoms with Gasteiger partial charge in [-0.15, -0.1) is 0 Å². The molecule has 2 rings (SSSR count). The van der Waals surface area contributed by atoms with Crippen LogP contribution in [0.1, 0.15) is 95.1 Å². The molecule has 0 heterocycles. The van der Waals surface area contributed by atoms with E-state index < -0.39 is 0 Å². The molecule has 1 aromatic carbocycles. The highest BCUT2D eigenvalue weighted by atomic mass is 16.5. The Kier molecular flexibility index (Phi) is 7.99. The topological polar surface area (TPSA) is 9.23 Å². The third-order valence-electron chi connectivity index (χ3n) is 5.51. The molecule has 1 saturated carbocycles. The van der Waals surface area contributed by atoms with Crippen molar-refractivity contribution in [1.82, 2.24) is 0 Å². The summed E-state index contributed by atoms with van der Waals surface area (Å²) in [6.45, 7) is 7.61. The van der Waals surface area contributed by atoms with Gasteiger partial charge in [-0.3, -0.25) is 0 Å². The van der Waals surface area contributed by atoms with E-state index in [1.807, 2.05) is 0 Å². The summed E-state index contributed by atoms with van der Waals surface area (Å²) in [6.07, 6.45) is 13.6. The minimum Gasteiger partial charge on any atom is -0.494 e. The molecule has 1 nitrogen and oxygen atoms in total. The zero-order valence-electron chi connectivity index (χ0n) is 15.6. The molecule has 1 aromatic rings. The quantitative estimate of drug-likeness (QED) is 0.444. The van der Waals surface area contributed by atoms with E-state index in [2.05, 4.69) is 39.0 Å². The lowest BCUT2D eigenvalue weighted by Crippen LogP contribution is -2.14. The Labute approximate surface area is 143 Å². The fourth-order valence-corrected chi connectivity index (χ4v) is 3.98. The maximum Gasteiger partial charge on any atom is 0.119 e. The van der Waals surface area contributed by atoms with E-state index in [9.17, 15) is 0 Å². The summed E-state index contributed by atoms with van der Waals surface area (Å²) in [5.41, 5.74) is 2.99. The maximum absolute atomic E-state index is 5.84. The molecule has 1 aliphatic rings. The highest BCUT2D eigenvalue weighted by Gasteiger charge is 2.23. The molecular formula is C22H36O. The van der Waals surface area contributed by atoms with Gasteiger partial charge in [-0.1, -0.05) is 52.0 Å². The first-order valence-corrected chi connectivity index (χ1v) is 9.97. The van der Waals surface area contributed by atoms with Crippen LogP contribution in [0.3, 0.4) is 0 Å². The second-order valence-corrected chi connectivity index (χ2v) is 7.43. The SMILES string of the molecule is CCCCCC1CCC(c2ccc(OCCCC)cc2C)CC1. The first kappa shape index (κ1) is 18.4. The first-order chi connectivity index (χ1) is 11.2. The molecular weight excluding hydrogens is 280 g/mol. The molecule has 0 N–H and O–H groups in total. The van der Waals surface area contributed by atoms with Crippen LogP contribution in [0.4, 0.5) is 0 Å². The zero-order valence-corrected chi connectivity index (χ0v) is 15.6. The van der Waals surface area contributed by atoms with Gasteiger partial charge in [-0.05, 0) is 74.1 Å². The minimum atomic E-state index is 0.780. The molecule has 0 amide bonds. The summed E-state index contributed by atoms with van der Waals surface area (Å²) in [4.78, 5) is 0. The van der Waals surface area contributed by atoms with Gasteiger partial charge in [-0.2, -0.15) is 0 Å². The predicted octanol–water partition coefficient (Wildman–Crippen LogP) is 7.03. The van der Waals surface area contributed by atoms with Gasteiger partial charge in [0.05, 0.1) is 6.61 Å². The van der Waals surface area contributed by atoms with E-state index in [0.29, 0.717) is 0 Å². The van der Waals surface area contributed by atoms with E-state index in [4.69, 9.17) is 4.74 Å². The Morgan fingerprint density at radius 2 is 1.70 bits per heavy atom. The predicted molar refractivity (Wildman–Crippen MR) is 100 cm³/mol. The van der Waals surface area contributed by atoms with Crippen LogP contribution < -0.4 is 4.74 Å². The van der Waals surface area contributed by atoms with Crippen molar-refractivity contribution in [2.45, 2.75) is 90.9 Å². The van der Waals surface area contributed by atoms with Crippen molar-refractivity contribution in [3.63, 3.8) is 0 Å². The van der Waals surface area contributed by atoms with E-state index in [1.54, 1.807) is 5.56 Å². The fourth-order valence-electron chi connectivity index (χ4n) is 3.98. The van der Waals surface area contributed by atoms with Gasteiger partial charge in [0.2, 0.25) is 0 Å². The molecule has 23 heavy (non-hydrogen) atoms. The van der Waals surface area contributed by atoms with E-state index in [-0.39, 0.29) is 0 Å². The van der Waals surface area contributed by atoms with E-state index in [0.717, 1.165) is 30.6 Å². The Morgan fingerprint density at radius 1 is 0.957 bits per heavy atom. The zero-order chi connectivity index (χ0) is 16.5. The first-order valence-electron chi connectivity index (χ1n) is 9.97. The smallest absolute Gasteiger partial charge is 0.119 e. The van der Waals surface area contributed by atoms with Crippen molar-refractivity contribution in [3.05, 3.63) is 29.3 Å². The summed E-state index contributed by atoms with van der Waals surface area (Å²) < 4.78 is 5.84. The number of ether oxygens (including phenoxy) is 1. The lowest BCUT2D eigenvalue weighted by Gasteiger charge is -2.30. The van der Waals surface area contributed by atoms with Gasteiger partial charge in [0.25, 0.3) is 0 Å². The van der Waals surface area contributed by atoms with Crippen molar-refractivity contribution in [2.24, 2.45) is 5.92 Å². The van der Waals surface area contributed by atoms with Crippen LogP contribution in [0.2, 0.25) is 0 Å². The molecule has 0 unspecified atom stereocenters. The Hall–Kier alpha value is -0.980. The van der Waals surface area contributed by atoms with Gasteiger partial charge in [-0.25, -0.2) is 0 Å². The number of hydrogen-bond acceptors (Lipinski definition) is 1. The number of unbranched alkanes of at least 4 members (excludes halogenated alkanes) is 3. The molecule has 0 atom stereocenters.